The molecular weight excluding hydrogens is 274 g/mol. The van der Waals surface area contributed by atoms with Crippen LogP contribution in [0.25, 0.3) is 0 Å². The molecule has 0 saturated carbocycles. The summed E-state index contributed by atoms with van der Waals surface area (Å²) in [6.07, 6.45) is 1.64. The number of aliphatic carboxylic acids is 1. The van der Waals surface area contributed by atoms with E-state index < -0.39 is 11.5 Å². The van der Waals surface area contributed by atoms with E-state index in [0.29, 0.717) is 6.42 Å². The van der Waals surface area contributed by atoms with Crippen molar-refractivity contribution in [2.24, 2.45) is 0 Å². The van der Waals surface area contributed by atoms with Crippen LogP contribution in [0.1, 0.15) is 32.3 Å². The first-order valence-corrected chi connectivity index (χ1v) is 6.81. The molecule has 0 unspecified atom stereocenters. The highest BCUT2D eigenvalue weighted by Gasteiger charge is 2.28. The Kier molecular flexibility index (Phi) is 4.35. The molecule has 1 heterocycles. The SMILES string of the molecule is CC(C)(NC(=O)CCCc1ccc2c(c1)OCO2)C(=O)O. The monoisotopic (exact) mass is 293 g/mol. The standard InChI is InChI=1S/C15H19NO5/c1-15(2,14(18)19)16-13(17)5-3-4-10-6-7-11-12(8-10)21-9-20-11/h6-8H,3-5,9H2,1-2H3,(H,16,17)(H,18,19). The summed E-state index contributed by atoms with van der Waals surface area (Å²) >= 11 is 0. The van der Waals surface area contributed by atoms with Gasteiger partial charge in [-0.05, 0) is 44.4 Å². The lowest BCUT2D eigenvalue weighted by molar-refractivity contribution is -0.146. The first-order valence-electron chi connectivity index (χ1n) is 6.81. The third kappa shape index (κ3) is 3.87. The van der Waals surface area contributed by atoms with Crippen molar-refractivity contribution in [3.63, 3.8) is 0 Å². The molecule has 1 aromatic carbocycles. The molecule has 0 atom stereocenters. The van der Waals surface area contributed by atoms with Crippen LogP contribution in [0, 0.1) is 0 Å². The number of carbonyl (C=O) groups excluding carboxylic acids is 1. The van der Waals surface area contributed by atoms with Crippen LogP contribution in [-0.4, -0.2) is 29.3 Å². The van der Waals surface area contributed by atoms with Gasteiger partial charge in [-0.3, -0.25) is 4.79 Å². The Morgan fingerprint density at radius 2 is 2.00 bits per heavy atom. The predicted molar refractivity (Wildman–Crippen MR) is 75.4 cm³/mol. The fourth-order valence-corrected chi connectivity index (χ4v) is 2.01. The molecule has 1 aliphatic heterocycles. The summed E-state index contributed by atoms with van der Waals surface area (Å²) in [5, 5.41) is 11.4. The molecule has 6 heteroatoms. The van der Waals surface area contributed by atoms with Crippen molar-refractivity contribution >= 4 is 11.9 Å². The molecule has 1 amide bonds. The third-order valence-corrected chi connectivity index (χ3v) is 3.29. The third-order valence-electron chi connectivity index (χ3n) is 3.29. The number of hydrogen-bond donors (Lipinski definition) is 2. The lowest BCUT2D eigenvalue weighted by Gasteiger charge is -2.20. The van der Waals surface area contributed by atoms with Gasteiger partial charge in [0.15, 0.2) is 11.5 Å². The van der Waals surface area contributed by atoms with E-state index in [1.165, 1.54) is 13.8 Å². The van der Waals surface area contributed by atoms with Crippen LogP contribution >= 0.6 is 0 Å². The van der Waals surface area contributed by atoms with E-state index >= 15 is 0 Å². The van der Waals surface area contributed by atoms with E-state index in [-0.39, 0.29) is 19.1 Å². The lowest BCUT2D eigenvalue weighted by Crippen LogP contribution is -2.49. The summed E-state index contributed by atoms with van der Waals surface area (Å²) in [4.78, 5) is 22.6. The molecular formula is C15H19NO5. The van der Waals surface area contributed by atoms with Crippen molar-refractivity contribution in [2.45, 2.75) is 38.6 Å². The molecule has 1 aliphatic rings. The summed E-state index contributed by atoms with van der Waals surface area (Å²) in [5.41, 5.74) is -0.180. The fourth-order valence-electron chi connectivity index (χ4n) is 2.01. The van der Waals surface area contributed by atoms with E-state index in [1.807, 2.05) is 18.2 Å². The zero-order valence-electron chi connectivity index (χ0n) is 12.1. The van der Waals surface area contributed by atoms with Gasteiger partial charge < -0.3 is 19.9 Å². The molecule has 0 saturated heterocycles. The lowest BCUT2D eigenvalue weighted by atomic mass is 10.0. The van der Waals surface area contributed by atoms with Gasteiger partial charge in [-0.15, -0.1) is 0 Å². The summed E-state index contributed by atoms with van der Waals surface area (Å²) in [6.45, 7) is 3.17. The number of rotatable bonds is 6. The fraction of sp³-hybridized carbons (Fsp3) is 0.467. The van der Waals surface area contributed by atoms with Gasteiger partial charge in [0.2, 0.25) is 12.7 Å². The maximum absolute atomic E-state index is 11.7. The van der Waals surface area contributed by atoms with Gasteiger partial charge in [-0.1, -0.05) is 6.07 Å². The number of hydrogen-bond acceptors (Lipinski definition) is 4. The molecule has 21 heavy (non-hydrogen) atoms. The summed E-state index contributed by atoms with van der Waals surface area (Å²) in [7, 11) is 0. The smallest absolute Gasteiger partial charge is 0.328 e. The Balaban J connectivity index is 1.79. The van der Waals surface area contributed by atoms with Gasteiger partial charge in [-0.2, -0.15) is 0 Å². The van der Waals surface area contributed by atoms with Crippen LogP contribution in [0.4, 0.5) is 0 Å². The molecule has 114 valence electrons. The number of ether oxygens (including phenoxy) is 2. The van der Waals surface area contributed by atoms with Crippen LogP contribution in [0.3, 0.4) is 0 Å². The zero-order chi connectivity index (χ0) is 15.5. The van der Waals surface area contributed by atoms with Crippen molar-refractivity contribution in [2.75, 3.05) is 6.79 Å². The molecule has 1 aromatic rings. The van der Waals surface area contributed by atoms with Crippen molar-refractivity contribution in [1.29, 1.82) is 0 Å². The number of aryl methyl sites for hydroxylation is 1. The average molecular weight is 293 g/mol. The van der Waals surface area contributed by atoms with Crippen molar-refractivity contribution in [3.05, 3.63) is 23.8 Å². The minimum Gasteiger partial charge on any atom is -0.480 e. The minimum absolute atomic E-state index is 0.242. The van der Waals surface area contributed by atoms with Crippen molar-refractivity contribution < 1.29 is 24.2 Å². The van der Waals surface area contributed by atoms with Gasteiger partial charge in [0.05, 0.1) is 0 Å². The molecule has 0 bridgehead atoms. The topological polar surface area (TPSA) is 84.9 Å². The molecule has 0 fully saturated rings. The number of carbonyl (C=O) groups is 2. The second kappa shape index (κ2) is 6.03. The number of amides is 1. The number of fused-ring (bicyclic) bond motifs is 1. The summed E-state index contributed by atoms with van der Waals surface area (Å²) in [6, 6.07) is 5.69. The van der Waals surface area contributed by atoms with Crippen LogP contribution in [-0.2, 0) is 16.0 Å². The highest BCUT2D eigenvalue weighted by molar-refractivity contribution is 5.86. The predicted octanol–water partition coefficient (Wildman–Crippen LogP) is 1.72. The first kappa shape index (κ1) is 15.2. The van der Waals surface area contributed by atoms with E-state index in [9.17, 15) is 9.59 Å². The van der Waals surface area contributed by atoms with Gasteiger partial charge in [-0.25, -0.2) is 4.79 Å². The molecule has 6 nitrogen and oxygen atoms in total. The maximum atomic E-state index is 11.7. The number of nitrogens with one attached hydrogen (secondary N) is 1. The second-order valence-corrected chi connectivity index (χ2v) is 5.52. The Morgan fingerprint density at radius 3 is 2.71 bits per heavy atom. The molecule has 0 aromatic heterocycles. The van der Waals surface area contributed by atoms with Gasteiger partial charge in [0, 0.05) is 6.42 Å². The molecule has 0 spiro atoms. The van der Waals surface area contributed by atoms with Crippen molar-refractivity contribution in [1.82, 2.24) is 5.32 Å². The van der Waals surface area contributed by atoms with Gasteiger partial charge >= 0.3 is 5.97 Å². The van der Waals surface area contributed by atoms with Crippen LogP contribution < -0.4 is 14.8 Å². The number of carboxylic acid groups (broad SMARTS) is 1. The van der Waals surface area contributed by atoms with E-state index in [1.54, 1.807) is 0 Å². The van der Waals surface area contributed by atoms with E-state index in [2.05, 4.69) is 5.32 Å². The van der Waals surface area contributed by atoms with Gasteiger partial charge in [0.1, 0.15) is 5.54 Å². The van der Waals surface area contributed by atoms with Gasteiger partial charge in [0.25, 0.3) is 0 Å². The molecule has 0 aliphatic carbocycles. The molecule has 2 rings (SSSR count). The highest BCUT2D eigenvalue weighted by atomic mass is 16.7. The van der Waals surface area contributed by atoms with Crippen LogP contribution in [0.2, 0.25) is 0 Å². The Hall–Kier alpha value is -2.24. The van der Waals surface area contributed by atoms with Crippen LogP contribution in [0.5, 0.6) is 11.5 Å². The number of carboxylic acids is 1. The van der Waals surface area contributed by atoms with Crippen molar-refractivity contribution in [3.8, 4) is 11.5 Å². The normalized spacial score (nSPS) is 13.0. The quantitative estimate of drug-likeness (QED) is 0.834. The Bertz CT molecular complexity index is 553. The summed E-state index contributed by atoms with van der Waals surface area (Å²) in [5.74, 6) is 0.151. The molecule has 2 N–H and O–H groups in total. The largest absolute Gasteiger partial charge is 0.480 e. The second-order valence-electron chi connectivity index (χ2n) is 5.52. The minimum atomic E-state index is -1.24. The van der Waals surface area contributed by atoms with Crippen LogP contribution in [0.15, 0.2) is 18.2 Å². The Labute approximate surface area is 123 Å². The van der Waals surface area contributed by atoms with E-state index in [4.69, 9.17) is 14.6 Å². The van der Waals surface area contributed by atoms with E-state index in [0.717, 1.165) is 23.5 Å². The average Bonchev–Trinajstić information content (AvgIpc) is 2.85. The highest BCUT2D eigenvalue weighted by Crippen LogP contribution is 2.32. The number of benzene rings is 1. The first-order chi connectivity index (χ1) is 9.88. The molecule has 0 radical (unpaired) electrons. The zero-order valence-corrected chi connectivity index (χ0v) is 12.1. The summed E-state index contributed by atoms with van der Waals surface area (Å²) < 4.78 is 10.5. The maximum Gasteiger partial charge on any atom is 0.328 e. The Morgan fingerprint density at radius 1 is 1.29 bits per heavy atom.